The van der Waals surface area contributed by atoms with Crippen LogP contribution in [0.4, 0.5) is 0 Å². The lowest BCUT2D eigenvalue weighted by molar-refractivity contribution is 0.199. The molecule has 0 fully saturated rings. The quantitative estimate of drug-likeness (QED) is 0.614. The molecule has 3 rings (SSSR count). The second-order valence-corrected chi connectivity index (χ2v) is 6.48. The van der Waals surface area contributed by atoms with Crippen LogP contribution in [0.3, 0.4) is 0 Å². The first-order chi connectivity index (χ1) is 11.7. The number of halogens is 2. The summed E-state index contributed by atoms with van der Waals surface area (Å²) in [6.07, 6.45) is 2.17. The number of rotatable bonds is 7. The van der Waals surface area contributed by atoms with Gasteiger partial charge in [0.05, 0.1) is 13.2 Å². The van der Waals surface area contributed by atoms with Crippen molar-refractivity contribution in [1.29, 1.82) is 0 Å². The van der Waals surface area contributed by atoms with E-state index in [4.69, 9.17) is 27.9 Å². The molecule has 0 aliphatic heterocycles. The Morgan fingerprint density at radius 1 is 1.04 bits per heavy atom. The summed E-state index contributed by atoms with van der Waals surface area (Å²) in [7, 11) is 1.71. The van der Waals surface area contributed by atoms with Gasteiger partial charge in [0.25, 0.3) is 0 Å². The Morgan fingerprint density at radius 2 is 1.79 bits per heavy atom. The summed E-state index contributed by atoms with van der Waals surface area (Å²) >= 11 is 12.7. The maximum absolute atomic E-state index is 6.33. The summed E-state index contributed by atoms with van der Waals surface area (Å²) in [5.74, 6) is 0. The minimum Gasteiger partial charge on any atom is -0.383 e. The van der Waals surface area contributed by atoms with E-state index in [9.17, 15) is 0 Å². The minimum atomic E-state index is 0.650. The van der Waals surface area contributed by atoms with Crippen molar-refractivity contribution >= 4 is 34.1 Å². The van der Waals surface area contributed by atoms with Crippen LogP contribution in [-0.4, -0.2) is 24.8 Å². The molecule has 0 radical (unpaired) electrons. The summed E-state index contributed by atoms with van der Waals surface area (Å²) in [6, 6.07) is 14.0. The second kappa shape index (κ2) is 8.04. The van der Waals surface area contributed by atoms with Crippen molar-refractivity contribution in [2.45, 2.75) is 13.1 Å². The topological polar surface area (TPSA) is 26.2 Å². The van der Waals surface area contributed by atoms with E-state index in [0.717, 1.165) is 18.7 Å². The summed E-state index contributed by atoms with van der Waals surface area (Å²) in [5, 5.41) is 6.03. The van der Waals surface area contributed by atoms with Gasteiger partial charge in [-0.1, -0.05) is 47.5 Å². The van der Waals surface area contributed by atoms with E-state index < -0.39 is 0 Å². The minimum absolute atomic E-state index is 0.650. The van der Waals surface area contributed by atoms with Gasteiger partial charge in [-0.05, 0) is 23.8 Å². The fraction of sp³-hybridized carbons (Fsp3) is 0.263. The molecule has 0 bridgehead atoms. The van der Waals surface area contributed by atoms with Crippen LogP contribution in [0.25, 0.3) is 10.9 Å². The molecular weight excluding hydrogens is 343 g/mol. The number of methoxy groups -OCH3 is 1. The standard InChI is InChI=1S/C19H20Cl2N2O/c1-24-10-9-22-11-14-12-23(19-8-3-2-5-15(14)19)13-16-17(20)6-4-7-18(16)21/h2-8,12,22H,9-11,13H2,1H3. The van der Waals surface area contributed by atoms with E-state index in [2.05, 4.69) is 40.3 Å². The average Bonchev–Trinajstić information content (AvgIpc) is 2.93. The van der Waals surface area contributed by atoms with Crippen LogP contribution in [0.1, 0.15) is 11.1 Å². The number of benzene rings is 2. The molecule has 0 atom stereocenters. The predicted molar refractivity (Wildman–Crippen MR) is 101 cm³/mol. The summed E-state index contributed by atoms with van der Waals surface area (Å²) < 4.78 is 7.28. The van der Waals surface area contributed by atoms with Gasteiger partial charge in [-0.25, -0.2) is 0 Å². The van der Waals surface area contributed by atoms with Crippen molar-refractivity contribution in [2.24, 2.45) is 0 Å². The molecule has 24 heavy (non-hydrogen) atoms. The first kappa shape index (κ1) is 17.3. The highest BCUT2D eigenvalue weighted by Crippen LogP contribution is 2.28. The van der Waals surface area contributed by atoms with Crippen molar-refractivity contribution in [1.82, 2.24) is 9.88 Å². The Hall–Kier alpha value is -1.52. The first-order valence-electron chi connectivity index (χ1n) is 7.90. The number of hydrogen-bond donors (Lipinski definition) is 1. The van der Waals surface area contributed by atoms with E-state index >= 15 is 0 Å². The zero-order valence-corrected chi connectivity index (χ0v) is 15.1. The van der Waals surface area contributed by atoms with Gasteiger partial charge in [0, 0.05) is 52.9 Å². The molecule has 0 aliphatic carbocycles. The molecule has 0 spiro atoms. The molecule has 126 valence electrons. The summed E-state index contributed by atoms with van der Waals surface area (Å²) in [4.78, 5) is 0. The van der Waals surface area contributed by atoms with E-state index in [1.807, 2.05) is 18.2 Å². The lowest BCUT2D eigenvalue weighted by Crippen LogP contribution is -2.18. The van der Waals surface area contributed by atoms with E-state index in [0.29, 0.717) is 23.2 Å². The highest BCUT2D eigenvalue weighted by atomic mass is 35.5. The Balaban J connectivity index is 1.91. The zero-order valence-electron chi connectivity index (χ0n) is 13.6. The Kier molecular flexibility index (Phi) is 5.80. The average molecular weight is 363 g/mol. The Bertz CT molecular complexity index is 809. The van der Waals surface area contributed by atoms with E-state index in [1.165, 1.54) is 16.5 Å². The third-order valence-corrected chi connectivity index (χ3v) is 4.77. The molecule has 1 N–H and O–H groups in total. The van der Waals surface area contributed by atoms with Crippen LogP contribution < -0.4 is 5.32 Å². The van der Waals surface area contributed by atoms with Gasteiger partial charge in [-0.2, -0.15) is 0 Å². The predicted octanol–water partition coefficient (Wildman–Crippen LogP) is 4.73. The summed E-state index contributed by atoms with van der Waals surface area (Å²) in [6.45, 7) is 2.98. The van der Waals surface area contributed by atoms with Gasteiger partial charge in [0.1, 0.15) is 0 Å². The second-order valence-electron chi connectivity index (χ2n) is 5.67. The Labute approximate surface area is 152 Å². The normalized spacial score (nSPS) is 11.3. The van der Waals surface area contributed by atoms with Gasteiger partial charge in [0.2, 0.25) is 0 Å². The Morgan fingerprint density at radius 3 is 2.54 bits per heavy atom. The van der Waals surface area contributed by atoms with E-state index in [1.54, 1.807) is 7.11 Å². The largest absolute Gasteiger partial charge is 0.383 e. The van der Waals surface area contributed by atoms with Crippen LogP contribution in [0.15, 0.2) is 48.7 Å². The maximum Gasteiger partial charge on any atom is 0.0587 e. The van der Waals surface area contributed by atoms with Crippen molar-refractivity contribution in [3.8, 4) is 0 Å². The summed E-state index contributed by atoms with van der Waals surface area (Å²) in [5.41, 5.74) is 3.38. The fourth-order valence-corrected chi connectivity index (χ4v) is 3.36. The molecule has 5 heteroatoms. The number of nitrogens with zero attached hydrogens (tertiary/aromatic N) is 1. The molecule has 0 aliphatic rings. The van der Waals surface area contributed by atoms with Gasteiger partial charge >= 0.3 is 0 Å². The lowest BCUT2D eigenvalue weighted by atomic mass is 10.2. The molecule has 0 amide bonds. The molecule has 3 nitrogen and oxygen atoms in total. The zero-order chi connectivity index (χ0) is 16.9. The van der Waals surface area contributed by atoms with Crippen molar-refractivity contribution in [2.75, 3.05) is 20.3 Å². The number of ether oxygens (including phenoxy) is 1. The van der Waals surface area contributed by atoms with Crippen molar-refractivity contribution < 1.29 is 4.74 Å². The SMILES string of the molecule is COCCNCc1cn(Cc2c(Cl)cccc2Cl)c2ccccc12. The molecule has 0 saturated heterocycles. The first-order valence-corrected chi connectivity index (χ1v) is 8.65. The number of fused-ring (bicyclic) bond motifs is 1. The van der Waals surface area contributed by atoms with Gasteiger partial charge < -0.3 is 14.6 Å². The monoisotopic (exact) mass is 362 g/mol. The maximum atomic E-state index is 6.33. The number of para-hydroxylation sites is 1. The van der Waals surface area contributed by atoms with Crippen LogP contribution in [0.5, 0.6) is 0 Å². The number of nitrogens with one attached hydrogen (secondary N) is 1. The molecule has 1 heterocycles. The molecule has 0 unspecified atom stereocenters. The van der Waals surface area contributed by atoms with Crippen LogP contribution in [0.2, 0.25) is 10.0 Å². The van der Waals surface area contributed by atoms with Crippen LogP contribution >= 0.6 is 23.2 Å². The number of aromatic nitrogens is 1. The third kappa shape index (κ3) is 3.76. The molecule has 3 aromatic rings. The number of hydrogen-bond acceptors (Lipinski definition) is 2. The smallest absolute Gasteiger partial charge is 0.0587 e. The highest BCUT2D eigenvalue weighted by molar-refractivity contribution is 6.36. The van der Waals surface area contributed by atoms with Crippen LogP contribution in [-0.2, 0) is 17.8 Å². The van der Waals surface area contributed by atoms with E-state index in [-0.39, 0.29) is 0 Å². The lowest BCUT2D eigenvalue weighted by Gasteiger charge is -2.09. The third-order valence-electron chi connectivity index (χ3n) is 4.06. The van der Waals surface area contributed by atoms with Crippen molar-refractivity contribution in [3.63, 3.8) is 0 Å². The van der Waals surface area contributed by atoms with Crippen LogP contribution in [0, 0.1) is 0 Å². The van der Waals surface area contributed by atoms with Gasteiger partial charge in [0.15, 0.2) is 0 Å². The van der Waals surface area contributed by atoms with Crippen molar-refractivity contribution in [3.05, 3.63) is 69.8 Å². The highest BCUT2D eigenvalue weighted by Gasteiger charge is 2.11. The molecule has 1 aromatic heterocycles. The fourth-order valence-electron chi connectivity index (χ4n) is 2.85. The molecule has 0 saturated carbocycles. The van der Waals surface area contributed by atoms with Gasteiger partial charge in [-0.15, -0.1) is 0 Å². The van der Waals surface area contributed by atoms with Gasteiger partial charge in [-0.3, -0.25) is 0 Å². The molecule has 2 aromatic carbocycles. The molecular formula is C19H20Cl2N2O.